The summed E-state index contributed by atoms with van der Waals surface area (Å²) in [5.74, 6) is 0. The van der Waals surface area contributed by atoms with E-state index in [-0.39, 0.29) is 6.42 Å². The van der Waals surface area contributed by atoms with Crippen LogP contribution < -0.4 is 0 Å². The number of hydrogen-bond donors (Lipinski definition) is 0. The van der Waals surface area contributed by atoms with Crippen molar-refractivity contribution in [2.24, 2.45) is 0 Å². The van der Waals surface area contributed by atoms with Crippen LogP contribution in [0.2, 0.25) is 0 Å². The second-order valence-electron chi connectivity index (χ2n) is 2.70. The molecule has 3 heteroatoms. The second-order valence-corrected chi connectivity index (χ2v) is 2.70. The van der Waals surface area contributed by atoms with Crippen molar-refractivity contribution < 1.29 is 13.2 Å². The van der Waals surface area contributed by atoms with Crippen molar-refractivity contribution in [1.29, 1.82) is 0 Å². The highest BCUT2D eigenvalue weighted by Crippen LogP contribution is 2.29. The molecule has 0 aromatic carbocycles. The summed E-state index contributed by atoms with van der Waals surface area (Å²) in [5.41, 5.74) is 0.376. The molecule has 1 rings (SSSR count). The molecular formula is C9H9F3. The highest BCUT2D eigenvalue weighted by atomic mass is 19.4. The molecule has 12 heavy (non-hydrogen) atoms. The number of hydrogen-bond acceptors (Lipinski definition) is 0. The largest absolute Gasteiger partial charge is 0.412 e. The molecule has 1 aliphatic carbocycles. The molecule has 0 aromatic rings. The van der Waals surface area contributed by atoms with Crippen molar-refractivity contribution in [3.63, 3.8) is 0 Å². The minimum Gasteiger partial charge on any atom is -0.166 e. The second kappa shape index (κ2) is 3.17. The molecule has 0 unspecified atom stereocenters. The average molecular weight is 174 g/mol. The molecule has 0 aliphatic heterocycles. The third kappa shape index (κ3) is 2.26. The van der Waals surface area contributed by atoms with Gasteiger partial charge in [0.1, 0.15) is 0 Å². The fraction of sp³-hybridized carbons (Fsp3) is 0.333. The number of halogens is 3. The van der Waals surface area contributed by atoms with Crippen LogP contribution in [0.25, 0.3) is 0 Å². The van der Waals surface area contributed by atoms with Crippen LogP contribution in [0.15, 0.2) is 35.5 Å². The minimum atomic E-state index is -4.19. The van der Waals surface area contributed by atoms with E-state index in [0.717, 1.165) is 11.6 Å². The van der Waals surface area contributed by atoms with E-state index in [1.165, 1.54) is 6.08 Å². The molecule has 0 fully saturated rings. The normalized spacial score (nSPS) is 18.3. The first kappa shape index (κ1) is 9.10. The Bertz CT molecular complexity index is 251. The van der Waals surface area contributed by atoms with E-state index < -0.39 is 11.7 Å². The van der Waals surface area contributed by atoms with E-state index in [1.54, 1.807) is 19.1 Å². The number of allylic oxidation sites excluding steroid dienone is 6. The summed E-state index contributed by atoms with van der Waals surface area (Å²) in [5, 5.41) is 0. The molecule has 0 bridgehead atoms. The Morgan fingerprint density at radius 1 is 1.33 bits per heavy atom. The van der Waals surface area contributed by atoms with E-state index in [9.17, 15) is 13.2 Å². The van der Waals surface area contributed by atoms with Gasteiger partial charge in [0.2, 0.25) is 0 Å². The number of rotatable bonds is 0. The molecular weight excluding hydrogens is 165 g/mol. The minimum absolute atomic E-state index is 0.0255. The highest BCUT2D eigenvalue weighted by molar-refractivity contribution is 5.30. The quantitative estimate of drug-likeness (QED) is 0.528. The summed E-state index contributed by atoms with van der Waals surface area (Å²) in [4.78, 5) is 0. The topological polar surface area (TPSA) is 0 Å². The van der Waals surface area contributed by atoms with E-state index in [1.807, 2.05) is 0 Å². The Morgan fingerprint density at radius 2 is 2.00 bits per heavy atom. The van der Waals surface area contributed by atoms with Gasteiger partial charge in [-0.15, -0.1) is 0 Å². The standard InChI is InChI=1S/C9H9F3/c1-7-3-2-4-8(6-5-7)9(10,11)12/h2-5H,6H2,1H3. The van der Waals surface area contributed by atoms with E-state index in [2.05, 4.69) is 0 Å². The van der Waals surface area contributed by atoms with E-state index in [4.69, 9.17) is 0 Å². The zero-order valence-corrected chi connectivity index (χ0v) is 6.65. The molecule has 1 aliphatic rings. The summed E-state index contributed by atoms with van der Waals surface area (Å²) < 4.78 is 36.4. The molecule has 0 saturated carbocycles. The number of alkyl halides is 3. The SMILES string of the molecule is CC1=CCC(C(F)(F)F)=CC=C1. The highest BCUT2D eigenvalue weighted by Gasteiger charge is 2.32. The van der Waals surface area contributed by atoms with Crippen LogP contribution in [-0.4, -0.2) is 6.18 Å². The lowest BCUT2D eigenvalue weighted by Crippen LogP contribution is -2.10. The first-order valence-electron chi connectivity index (χ1n) is 3.61. The Balaban J connectivity index is 2.84. The van der Waals surface area contributed by atoms with E-state index in [0.29, 0.717) is 0 Å². The average Bonchev–Trinajstić information content (AvgIpc) is 2.11. The molecule has 0 heterocycles. The van der Waals surface area contributed by atoms with Crippen LogP contribution in [0.5, 0.6) is 0 Å². The van der Waals surface area contributed by atoms with Gasteiger partial charge in [0.25, 0.3) is 0 Å². The summed E-state index contributed by atoms with van der Waals surface area (Å²) in [6, 6.07) is 0. The van der Waals surface area contributed by atoms with Crippen LogP contribution in [0.4, 0.5) is 13.2 Å². The fourth-order valence-electron chi connectivity index (χ4n) is 0.933. The predicted octanol–water partition coefficient (Wildman–Crippen LogP) is 3.38. The molecule has 0 atom stereocenters. The maximum atomic E-state index is 12.1. The molecule has 0 N–H and O–H groups in total. The van der Waals surface area contributed by atoms with Gasteiger partial charge in [0.05, 0.1) is 0 Å². The van der Waals surface area contributed by atoms with Gasteiger partial charge in [-0.1, -0.05) is 29.9 Å². The van der Waals surface area contributed by atoms with Gasteiger partial charge in [-0.3, -0.25) is 0 Å². The van der Waals surface area contributed by atoms with Crippen molar-refractivity contribution in [3.05, 3.63) is 35.5 Å². The first-order chi connectivity index (χ1) is 5.50. The molecule has 66 valence electrons. The molecule has 0 amide bonds. The maximum absolute atomic E-state index is 12.1. The van der Waals surface area contributed by atoms with Crippen molar-refractivity contribution >= 4 is 0 Å². The predicted molar refractivity (Wildman–Crippen MR) is 41.7 cm³/mol. The maximum Gasteiger partial charge on any atom is 0.412 e. The van der Waals surface area contributed by atoms with Gasteiger partial charge in [0, 0.05) is 5.57 Å². The lowest BCUT2D eigenvalue weighted by Gasteiger charge is -2.07. The van der Waals surface area contributed by atoms with Crippen LogP contribution in [0.1, 0.15) is 13.3 Å². The van der Waals surface area contributed by atoms with Crippen LogP contribution in [-0.2, 0) is 0 Å². The first-order valence-corrected chi connectivity index (χ1v) is 3.61. The van der Waals surface area contributed by atoms with Crippen molar-refractivity contribution in [1.82, 2.24) is 0 Å². The summed E-state index contributed by atoms with van der Waals surface area (Å²) in [6.45, 7) is 1.78. The molecule has 0 saturated heterocycles. The van der Waals surface area contributed by atoms with Gasteiger partial charge in [-0.25, -0.2) is 0 Å². The smallest absolute Gasteiger partial charge is 0.166 e. The Kier molecular flexibility index (Phi) is 2.40. The van der Waals surface area contributed by atoms with Crippen LogP contribution in [0.3, 0.4) is 0 Å². The van der Waals surface area contributed by atoms with Crippen molar-refractivity contribution in [2.45, 2.75) is 19.5 Å². The molecule has 0 aromatic heterocycles. The summed E-state index contributed by atoms with van der Waals surface area (Å²) >= 11 is 0. The van der Waals surface area contributed by atoms with Crippen molar-refractivity contribution in [3.8, 4) is 0 Å². The third-order valence-corrected chi connectivity index (χ3v) is 1.66. The van der Waals surface area contributed by atoms with Gasteiger partial charge >= 0.3 is 6.18 Å². The fourth-order valence-corrected chi connectivity index (χ4v) is 0.933. The summed E-state index contributed by atoms with van der Waals surface area (Å²) in [6.07, 6.45) is 1.57. The Morgan fingerprint density at radius 3 is 2.58 bits per heavy atom. The van der Waals surface area contributed by atoms with Gasteiger partial charge in [-0.05, 0) is 13.3 Å². The Hall–Kier alpha value is -0.990. The third-order valence-electron chi connectivity index (χ3n) is 1.66. The van der Waals surface area contributed by atoms with Gasteiger partial charge < -0.3 is 0 Å². The van der Waals surface area contributed by atoms with E-state index >= 15 is 0 Å². The van der Waals surface area contributed by atoms with Crippen LogP contribution >= 0.6 is 0 Å². The van der Waals surface area contributed by atoms with Gasteiger partial charge in [0.15, 0.2) is 0 Å². The lowest BCUT2D eigenvalue weighted by molar-refractivity contribution is -0.0928. The van der Waals surface area contributed by atoms with Gasteiger partial charge in [-0.2, -0.15) is 13.2 Å². The summed E-state index contributed by atoms with van der Waals surface area (Å²) in [7, 11) is 0. The molecule has 0 radical (unpaired) electrons. The zero-order valence-electron chi connectivity index (χ0n) is 6.65. The lowest BCUT2D eigenvalue weighted by atomic mass is 10.1. The molecule has 0 nitrogen and oxygen atoms in total. The van der Waals surface area contributed by atoms with Crippen LogP contribution in [0, 0.1) is 0 Å². The zero-order chi connectivity index (χ0) is 9.19. The van der Waals surface area contributed by atoms with Crippen molar-refractivity contribution in [2.75, 3.05) is 0 Å². The molecule has 0 spiro atoms. The Labute approximate surface area is 69.1 Å². The monoisotopic (exact) mass is 174 g/mol.